The molecule has 0 amide bonds. The monoisotopic (exact) mass is 370 g/mol. The topological polar surface area (TPSA) is 70.6 Å². The summed E-state index contributed by atoms with van der Waals surface area (Å²) in [6.45, 7) is 1.10. The number of hydrogen-bond acceptors (Lipinski definition) is 5. The molecule has 9 heteroatoms. The lowest BCUT2D eigenvalue weighted by Crippen LogP contribution is -2.35. The molecule has 0 saturated heterocycles. The highest BCUT2D eigenvalue weighted by Gasteiger charge is 2.34. The summed E-state index contributed by atoms with van der Waals surface area (Å²) < 4.78 is 41.0. The maximum absolute atomic E-state index is 13.0. The summed E-state index contributed by atoms with van der Waals surface area (Å²) in [4.78, 5) is 5.33. The number of nitriles is 1. The summed E-state index contributed by atoms with van der Waals surface area (Å²) >= 11 is 0. The van der Waals surface area contributed by atoms with Crippen LogP contribution in [0, 0.1) is 11.3 Å². The Bertz CT molecular complexity index is 1020. The molecule has 4 rings (SSSR count). The summed E-state index contributed by atoms with van der Waals surface area (Å²) in [6.07, 6.45) is -4.57. The average molecular weight is 370 g/mol. The smallest absolute Gasteiger partial charge is 0.346 e. The number of halogens is 3. The molecule has 2 aromatic heterocycles. The van der Waals surface area contributed by atoms with Crippen LogP contribution < -0.4 is 4.90 Å². The molecule has 1 aliphatic heterocycles. The van der Waals surface area contributed by atoms with Gasteiger partial charge in [-0.1, -0.05) is 30.3 Å². The van der Waals surface area contributed by atoms with Crippen LogP contribution in [0.1, 0.15) is 17.1 Å². The first kappa shape index (κ1) is 17.0. The van der Waals surface area contributed by atoms with E-state index in [9.17, 15) is 18.4 Å². The second-order valence-electron chi connectivity index (χ2n) is 6.06. The van der Waals surface area contributed by atoms with Gasteiger partial charge in [-0.15, -0.1) is 10.2 Å². The highest BCUT2D eigenvalue weighted by Crippen LogP contribution is 2.32. The molecule has 136 valence electrons. The highest BCUT2D eigenvalue weighted by atomic mass is 19.4. The molecule has 3 heterocycles. The Labute approximate surface area is 152 Å². The fraction of sp³-hybridized carbons (Fsp3) is 0.222. The van der Waals surface area contributed by atoms with Crippen LogP contribution in [-0.4, -0.2) is 26.3 Å². The van der Waals surface area contributed by atoms with E-state index >= 15 is 0 Å². The first-order valence-corrected chi connectivity index (χ1v) is 8.18. The molecule has 0 radical (unpaired) electrons. The van der Waals surface area contributed by atoms with Crippen molar-refractivity contribution in [1.82, 2.24) is 19.7 Å². The highest BCUT2D eigenvalue weighted by molar-refractivity contribution is 5.57. The molecule has 3 aromatic rings. The second-order valence-corrected chi connectivity index (χ2v) is 6.06. The summed E-state index contributed by atoms with van der Waals surface area (Å²) in [5.41, 5.74) is -0.00706. The molecular weight excluding hydrogens is 357 g/mol. The van der Waals surface area contributed by atoms with Gasteiger partial charge >= 0.3 is 6.18 Å². The normalized spacial score (nSPS) is 13.9. The van der Waals surface area contributed by atoms with Crippen molar-refractivity contribution in [2.75, 3.05) is 11.4 Å². The summed E-state index contributed by atoms with van der Waals surface area (Å²) in [7, 11) is 0. The standard InChI is InChI=1S/C18H13F3N6/c19-18(20,21)14-7-6-13(10-22)16(23-14)26-8-9-27-15(11-26)24-25-17(27)12-4-2-1-3-5-12/h1-7H,8-9,11H2. The molecule has 0 saturated carbocycles. The van der Waals surface area contributed by atoms with Gasteiger partial charge in [-0.05, 0) is 12.1 Å². The lowest BCUT2D eigenvalue weighted by Gasteiger charge is -2.29. The van der Waals surface area contributed by atoms with E-state index in [4.69, 9.17) is 0 Å². The summed E-state index contributed by atoms with van der Waals surface area (Å²) in [6, 6.07) is 13.4. The zero-order valence-corrected chi connectivity index (χ0v) is 14.0. The molecule has 0 N–H and O–H groups in total. The van der Waals surface area contributed by atoms with Gasteiger partial charge in [0.15, 0.2) is 11.6 Å². The second kappa shape index (κ2) is 6.39. The molecule has 0 atom stereocenters. The van der Waals surface area contributed by atoms with E-state index in [1.54, 1.807) is 4.90 Å². The number of alkyl halides is 3. The van der Waals surface area contributed by atoms with Gasteiger partial charge < -0.3 is 9.47 Å². The van der Waals surface area contributed by atoms with Crippen LogP contribution >= 0.6 is 0 Å². The van der Waals surface area contributed by atoms with Crippen molar-refractivity contribution >= 4 is 5.82 Å². The van der Waals surface area contributed by atoms with Gasteiger partial charge in [0.05, 0.1) is 12.1 Å². The number of anilines is 1. The molecule has 0 fully saturated rings. The third-order valence-electron chi connectivity index (χ3n) is 4.37. The number of hydrogen-bond donors (Lipinski definition) is 0. The number of aromatic nitrogens is 4. The van der Waals surface area contributed by atoms with E-state index in [1.165, 1.54) is 0 Å². The molecule has 1 aliphatic rings. The minimum atomic E-state index is -4.57. The van der Waals surface area contributed by atoms with Crippen molar-refractivity contribution in [3.8, 4) is 17.5 Å². The third kappa shape index (κ3) is 3.10. The van der Waals surface area contributed by atoms with E-state index < -0.39 is 11.9 Å². The van der Waals surface area contributed by atoms with Gasteiger partial charge in [0.2, 0.25) is 0 Å². The van der Waals surface area contributed by atoms with Crippen LogP contribution in [0.25, 0.3) is 11.4 Å². The van der Waals surface area contributed by atoms with E-state index in [0.29, 0.717) is 24.7 Å². The van der Waals surface area contributed by atoms with Crippen LogP contribution in [0.4, 0.5) is 19.0 Å². The molecule has 0 spiro atoms. The molecule has 0 unspecified atom stereocenters. The fourth-order valence-corrected chi connectivity index (χ4v) is 3.07. The number of nitrogens with zero attached hydrogens (tertiary/aromatic N) is 6. The van der Waals surface area contributed by atoms with Crippen LogP contribution in [0.15, 0.2) is 42.5 Å². The predicted octanol–water partition coefficient (Wildman–Crippen LogP) is 3.25. The fourth-order valence-electron chi connectivity index (χ4n) is 3.07. The maximum Gasteiger partial charge on any atom is 0.433 e. The Balaban J connectivity index is 1.68. The minimum absolute atomic E-state index is 0.0165. The van der Waals surface area contributed by atoms with Gasteiger partial charge in [-0.25, -0.2) is 4.98 Å². The average Bonchev–Trinajstić information content (AvgIpc) is 3.10. The molecule has 27 heavy (non-hydrogen) atoms. The van der Waals surface area contributed by atoms with Gasteiger partial charge in [0, 0.05) is 18.7 Å². The Morgan fingerprint density at radius 3 is 2.48 bits per heavy atom. The van der Waals surface area contributed by atoms with Gasteiger partial charge in [-0.3, -0.25) is 0 Å². The number of benzene rings is 1. The van der Waals surface area contributed by atoms with E-state index in [1.807, 2.05) is 41.0 Å². The molecular formula is C18H13F3N6. The zero-order valence-electron chi connectivity index (χ0n) is 14.0. The maximum atomic E-state index is 13.0. The van der Waals surface area contributed by atoms with Crippen molar-refractivity contribution in [2.45, 2.75) is 19.3 Å². The number of pyridine rings is 1. The van der Waals surface area contributed by atoms with Crippen molar-refractivity contribution < 1.29 is 13.2 Å². The van der Waals surface area contributed by atoms with Crippen LogP contribution in [-0.2, 0) is 19.3 Å². The molecule has 0 aliphatic carbocycles. The van der Waals surface area contributed by atoms with Crippen molar-refractivity contribution in [3.05, 3.63) is 59.5 Å². The van der Waals surface area contributed by atoms with Crippen LogP contribution in [0.2, 0.25) is 0 Å². The summed E-state index contributed by atoms with van der Waals surface area (Å²) in [5.74, 6) is 1.34. The van der Waals surface area contributed by atoms with Crippen LogP contribution in [0.5, 0.6) is 0 Å². The van der Waals surface area contributed by atoms with Gasteiger partial charge in [0.1, 0.15) is 17.6 Å². The first-order valence-electron chi connectivity index (χ1n) is 8.18. The lowest BCUT2D eigenvalue weighted by molar-refractivity contribution is -0.141. The predicted molar refractivity (Wildman–Crippen MR) is 90.5 cm³/mol. The third-order valence-corrected chi connectivity index (χ3v) is 4.37. The van der Waals surface area contributed by atoms with E-state index in [2.05, 4.69) is 15.2 Å². The first-order chi connectivity index (χ1) is 13.0. The van der Waals surface area contributed by atoms with Gasteiger partial charge in [-0.2, -0.15) is 18.4 Å². The van der Waals surface area contributed by atoms with Crippen molar-refractivity contribution in [1.29, 1.82) is 5.26 Å². The largest absolute Gasteiger partial charge is 0.433 e. The minimum Gasteiger partial charge on any atom is -0.346 e. The number of rotatable bonds is 2. The lowest BCUT2D eigenvalue weighted by atomic mass is 10.2. The molecule has 1 aromatic carbocycles. The van der Waals surface area contributed by atoms with Gasteiger partial charge in [0.25, 0.3) is 0 Å². The quantitative estimate of drug-likeness (QED) is 0.693. The molecule has 0 bridgehead atoms. The summed E-state index contributed by atoms with van der Waals surface area (Å²) in [5, 5.41) is 17.7. The molecule has 6 nitrogen and oxygen atoms in total. The van der Waals surface area contributed by atoms with Crippen LogP contribution in [0.3, 0.4) is 0 Å². The van der Waals surface area contributed by atoms with Crippen molar-refractivity contribution in [2.24, 2.45) is 0 Å². The Kier molecular flexibility index (Phi) is 4.03. The number of fused-ring (bicyclic) bond motifs is 1. The van der Waals surface area contributed by atoms with E-state index in [0.717, 1.165) is 17.7 Å². The Morgan fingerprint density at radius 1 is 1.00 bits per heavy atom. The Hall–Kier alpha value is -3.41. The van der Waals surface area contributed by atoms with E-state index in [-0.39, 0.29) is 17.9 Å². The SMILES string of the molecule is N#Cc1ccc(C(F)(F)F)nc1N1CCn2c(nnc2-c2ccccc2)C1. The Morgan fingerprint density at radius 2 is 1.78 bits per heavy atom. The zero-order chi connectivity index (χ0) is 19.0. The van der Waals surface area contributed by atoms with Crippen molar-refractivity contribution in [3.63, 3.8) is 0 Å².